The number of amides is 2. The molecule has 2 heterocycles. The molecule has 0 aromatic carbocycles. The lowest BCUT2D eigenvalue weighted by Gasteiger charge is -2.09. The van der Waals surface area contributed by atoms with E-state index in [1.54, 1.807) is 27.9 Å². The van der Waals surface area contributed by atoms with E-state index >= 15 is 0 Å². The number of rotatable bonds is 0. The molecule has 1 aliphatic heterocycles. The van der Waals surface area contributed by atoms with Gasteiger partial charge in [0.25, 0.3) is 0 Å². The van der Waals surface area contributed by atoms with E-state index in [-0.39, 0.29) is 6.03 Å². The molecule has 0 aliphatic carbocycles. The van der Waals surface area contributed by atoms with Crippen molar-refractivity contribution in [3.8, 4) is 0 Å². The van der Waals surface area contributed by atoms with Crippen molar-refractivity contribution in [1.82, 2.24) is 9.88 Å². The number of nitrogens with zero attached hydrogens (tertiary/aromatic N) is 2. The lowest BCUT2D eigenvalue weighted by atomic mass is 10.4. The predicted molar refractivity (Wildman–Crippen MR) is 52.5 cm³/mol. The normalized spacial score (nSPS) is 14.9. The lowest BCUT2D eigenvalue weighted by Crippen LogP contribution is -2.32. The molecule has 1 aromatic heterocycles. The molecule has 0 bridgehead atoms. The SMILES string of the molecule is NC(=O)N1CCCC1.c1cscn1. The van der Waals surface area contributed by atoms with Crippen LogP contribution < -0.4 is 5.73 Å². The van der Waals surface area contributed by atoms with Crippen molar-refractivity contribution >= 4 is 17.4 Å². The summed E-state index contributed by atoms with van der Waals surface area (Å²) in [5, 5.41) is 1.93. The number of primary amides is 1. The second-order valence-electron chi connectivity index (χ2n) is 2.71. The predicted octanol–water partition coefficient (Wildman–Crippen LogP) is 1.30. The van der Waals surface area contributed by atoms with Crippen LogP contribution in [0.1, 0.15) is 12.8 Å². The molecule has 4 nitrogen and oxygen atoms in total. The van der Waals surface area contributed by atoms with Crippen molar-refractivity contribution in [3.05, 3.63) is 17.1 Å². The number of likely N-dealkylation sites (tertiary alicyclic amines) is 1. The number of carbonyl (C=O) groups is 1. The van der Waals surface area contributed by atoms with Crippen molar-refractivity contribution in [2.24, 2.45) is 5.73 Å². The van der Waals surface area contributed by atoms with Crippen molar-refractivity contribution in [2.45, 2.75) is 12.8 Å². The van der Waals surface area contributed by atoms with Crippen LogP contribution in [0.15, 0.2) is 17.1 Å². The zero-order chi connectivity index (χ0) is 9.52. The fraction of sp³-hybridized carbons (Fsp3) is 0.500. The molecule has 0 saturated carbocycles. The summed E-state index contributed by atoms with van der Waals surface area (Å²) in [4.78, 5) is 15.8. The summed E-state index contributed by atoms with van der Waals surface area (Å²) in [5.41, 5.74) is 6.78. The average molecular weight is 199 g/mol. The molecule has 2 amide bonds. The minimum atomic E-state index is -0.275. The average Bonchev–Trinajstić information content (AvgIpc) is 2.82. The molecule has 72 valence electrons. The monoisotopic (exact) mass is 199 g/mol. The summed E-state index contributed by atoms with van der Waals surface area (Å²) in [6, 6.07) is -0.275. The van der Waals surface area contributed by atoms with E-state index in [0.717, 1.165) is 25.9 Å². The lowest BCUT2D eigenvalue weighted by molar-refractivity contribution is 0.218. The Labute approximate surface area is 81.4 Å². The van der Waals surface area contributed by atoms with Crippen LogP contribution in [0.5, 0.6) is 0 Å². The first-order valence-corrected chi connectivity index (χ1v) is 5.11. The maximum absolute atomic E-state index is 10.3. The Morgan fingerprint density at radius 2 is 2.15 bits per heavy atom. The van der Waals surface area contributed by atoms with Gasteiger partial charge in [-0.3, -0.25) is 4.98 Å². The molecule has 2 rings (SSSR count). The molecule has 13 heavy (non-hydrogen) atoms. The Kier molecular flexibility index (Phi) is 4.25. The Morgan fingerprint density at radius 1 is 1.46 bits per heavy atom. The Hall–Kier alpha value is -1.10. The number of aromatic nitrogens is 1. The summed E-state index contributed by atoms with van der Waals surface area (Å²) < 4.78 is 0. The molecule has 1 aromatic rings. The van der Waals surface area contributed by atoms with Gasteiger partial charge in [-0.05, 0) is 12.8 Å². The fourth-order valence-electron chi connectivity index (χ4n) is 1.11. The van der Waals surface area contributed by atoms with Crippen LogP contribution in [0.25, 0.3) is 0 Å². The summed E-state index contributed by atoms with van der Waals surface area (Å²) in [6.45, 7) is 1.71. The quantitative estimate of drug-likeness (QED) is 0.684. The third-order valence-corrected chi connectivity index (χ3v) is 2.29. The van der Waals surface area contributed by atoms with Crippen LogP contribution in [0.3, 0.4) is 0 Å². The fourth-order valence-corrected chi connectivity index (χ4v) is 1.46. The highest BCUT2D eigenvalue weighted by atomic mass is 32.1. The number of carbonyl (C=O) groups excluding carboxylic acids is 1. The molecule has 0 spiro atoms. The van der Waals surface area contributed by atoms with Gasteiger partial charge >= 0.3 is 6.03 Å². The largest absolute Gasteiger partial charge is 0.351 e. The molecular weight excluding hydrogens is 186 g/mol. The summed E-state index contributed by atoms with van der Waals surface area (Å²) in [7, 11) is 0. The molecule has 0 atom stereocenters. The molecule has 0 unspecified atom stereocenters. The highest BCUT2D eigenvalue weighted by Crippen LogP contribution is 2.05. The smallest absolute Gasteiger partial charge is 0.314 e. The van der Waals surface area contributed by atoms with Crippen molar-refractivity contribution < 1.29 is 4.79 Å². The highest BCUT2D eigenvalue weighted by Gasteiger charge is 2.13. The third kappa shape index (κ3) is 3.89. The van der Waals surface area contributed by atoms with Crippen LogP contribution in [-0.2, 0) is 0 Å². The van der Waals surface area contributed by atoms with E-state index < -0.39 is 0 Å². The first-order valence-electron chi connectivity index (χ1n) is 4.17. The van der Waals surface area contributed by atoms with Crippen LogP contribution >= 0.6 is 11.3 Å². The summed E-state index contributed by atoms with van der Waals surface area (Å²) >= 11 is 1.60. The number of nitrogens with two attached hydrogens (primary N) is 1. The summed E-state index contributed by atoms with van der Waals surface area (Å²) in [6.07, 6.45) is 4.00. The Morgan fingerprint density at radius 3 is 2.38 bits per heavy atom. The molecule has 0 radical (unpaired) electrons. The van der Waals surface area contributed by atoms with Gasteiger partial charge in [0, 0.05) is 24.7 Å². The molecule has 1 aliphatic rings. The van der Waals surface area contributed by atoms with Gasteiger partial charge in [-0.15, -0.1) is 11.3 Å². The molecule has 1 fully saturated rings. The van der Waals surface area contributed by atoms with E-state index in [9.17, 15) is 4.79 Å². The van der Waals surface area contributed by atoms with Crippen LogP contribution in [0, 0.1) is 0 Å². The maximum Gasteiger partial charge on any atom is 0.314 e. The van der Waals surface area contributed by atoms with Gasteiger partial charge < -0.3 is 10.6 Å². The number of thiazole rings is 1. The molecule has 1 saturated heterocycles. The number of hydrogen-bond donors (Lipinski definition) is 1. The zero-order valence-electron chi connectivity index (χ0n) is 7.35. The van der Waals surface area contributed by atoms with Crippen LogP contribution in [-0.4, -0.2) is 29.0 Å². The van der Waals surface area contributed by atoms with Gasteiger partial charge in [0.1, 0.15) is 0 Å². The van der Waals surface area contributed by atoms with E-state index in [0.29, 0.717) is 0 Å². The van der Waals surface area contributed by atoms with Crippen molar-refractivity contribution in [1.29, 1.82) is 0 Å². The third-order valence-electron chi connectivity index (χ3n) is 1.76. The highest BCUT2D eigenvalue weighted by molar-refractivity contribution is 7.07. The Balaban J connectivity index is 0.000000145. The van der Waals surface area contributed by atoms with Crippen LogP contribution in [0.2, 0.25) is 0 Å². The van der Waals surface area contributed by atoms with E-state index in [2.05, 4.69) is 4.98 Å². The van der Waals surface area contributed by atoms with Gasteiger partial charge in [0.2, 0.25) is 0 Å². The minimum absolute atomic E-state index is 0.275. The van der Waals surface area contributed by atoms with Gasteiger partial charge in [0.05, 0.1) is 5.51 Å². The minimum Gasteiger partial charge on any atom is -0.351 e. The van der Waals surface area contributed by atoms with Gasteiger partial charge in [-0.25, -0.2) is 4.79 Å². The van der Waals surface area contributed by atoms with Crippen LogP contribution in [0.4, 0.5) is 4.79 Å². The standard InChI is InChI=1S/C5H10N2O.C3H3NS/c6-5(8)7-3-1-2-4-7;1-2-5-3-4-1/h1-4H2,(H2,6,8);1-3H. The second-order valence-corrected chi connectivity index (χ2v) is 3.46. The summed E-state index contributed by atoms with van der Waals surface area (Å²) in [5.74, 6) is 0. The zero-order valence-corrected chi connectivity index (χ0v) is 8.17. The van der Waals surface area contributed by atoms with E-state index in [4.69, 9.17) is 5.73 Å². The molecule has 2 N–H and O–H groups in total. The number of urea groups is 1. The first-order chi connectivity index (χ1) is 6.30. The van der Waals surface area contributed by atoms with E-state index in [1.807, 2.05) is 5.38 Å². The van der Waals surface area contributed by atoms with Gasteiger partial charge in [0.15, 0.2) is 0 Å². The molecular formula is C8H13N3OS. The maximum atomic E-state index is 10.3. The topological polar surface area (TPSA) is 59.2 Å². The molecule has 5 heteroatoms. The van der Waals surface area contributed by atoms with Gasteiger partial charge in [-0.2, -0.15) is 0 Å². The van der Waals surface area contributed by atoms with Crippen molar-refractivity contribution in [3.63, 3.8) is 0 Å². The number of hydrogen-bond acceptors (Lipinski definition) is 3. The van der Waals surface area contributed by atoms with Gasteiger partial charge in [-0.1, -0.05) is 0 Å². The Bertz CT molecular complexity index is 214. The second kappa shape index (κ2) is 5.53. The first kappa shape index (κ1) is 9.98. The van der Waals surface area contributed by atoms with E-state index in [1.165, 1.54) is 0 Å². The van der Waals surface area contributed by atoms with Crippen molar-refractivity contribution in [2.75, 3.05) is 13.1 Å².